The van der Waals surface area contributed by atoms with E-state index in [1.807, 2.05) is 30.3 Å². The SMILES string of the molecule is O=C1[C@H]2CCCC[C@H]2C(=O)N1C[NH+]1CCN(S(=O)(=O)/C=C/c2ccccc2)CC1. The second-order valence-corrected chi connectivity index (χ2v) is 9.99. The highest BCUT2D eigenvalue weighted by atomic mass is 32.2. The maximum atomic E-state index is 12.6. The van der Waals surface area contributed by atoms with Gasteiger partial charge in [0, 0.05) is 5.41 Å². The summed E-state index contributed by atoms with van der Waals surface area (Å²) in [5.74, 6) is -0.290. The highest BCUT2D eigenvalue weighted by molar-refractivity contribution is 7.92. The Balaban J connectivity index is 1.33. The first-order chi connectivity index (χ1) is 14.0. The Labute approximate surface area is 172 Å². The van der Waals surface area contributed by atoms with Gasteiger partial charge in [-0.1, -0.05) is 43.2 Å². The Hall–Kier alpha value is -2.03. The summed E-state index contributed by atoms with van der Waals surface area (Å²) >= 11 is 0. The Bertz CT molecular complexity index is 868. The largest absolute Gasteiger partial charge is 0.315 e. The van der Waals surface area contributed by atoms with Crippen LogP contribution in [0.15, 0.2) is 35.7 Å². The Kier molecular flexibility index (Phi) is 5.85. The summed E-state index contributed by atoms with van der Waals surface area (Å²) in [6, 6.07) is 9.33. The van der Waals surface area contributed by atoms with Gasteiger partial charge >= 0.3 is 0 Å². The fourth-order valence-electron chi connectivity index (χ4n) is 4.64. The van der Waals surface area contributed by atoms with Gasteiger partial charge in [-0.2, -0.15) is 4.31 Å². The fraction of sp³-hybridized carbons (Fsp3) is 0.524. The average Bonchev–Trinajstić information content (AvgIpc) is 2.99. The van der Waals surface area contributed by atoms with E-state index in [4.69, 9.17) is 0 Å². The molecular formula is C21H28N3O4S+. The van der Waals surface area contributed by atoms with E-state index >= 15 is 0 Å². The number of nitrogens with one attached hydrogen (secondary N) is 1. The van der Waals surface area contributed by atoms with Crippen LogP contribution < -0.4 is 4.90 Å². The van der Waals surface area contributed by atoms with E-state index in [0.29, 0.717) is 32.8 Å². The molecule has 4 rings (SSSR count). The minimum Gasteiger partial charge on any atom is -0.315 e. The zero-order valence-corrected chi connectivity index (χ0v) is 17.3. The fourth-order valence-corrected chi connectivity index (χ4v) is 5.83. The van der Waals surface area contributed by atoms with Crippen LogP contribution in [0.1, 0.15) is 31.2 Å². The standard InChI is InChI=1S/C21H27N3O4S/c25-20-18-8-4-5-9-19(18)21(26)24(20)16-22-11-13-23(14-12-22)29(27,28)15-10-17-6-2-1-3-7-17/h1-3,6-7,10,15,18-19H,4-5,8-9,11-14,16H2/p+1/b15-10+/t18-,19+. The zero-order valence-electron chi connectivity index (χ0n) is 16.5. The first-order valence-electron chi connectivity index (χ1n) is 10.4. The number of hydrogen-bond acceptors (Lipinski definition) is 4. The van der Waals surface area contributed by atoms with Gasteiger partial charge in [0.2, 0.25) is 21.8 Å². The molecule has 0 bridgehead atoms. The molecule has 1 aromatic rings. The number of sulfonamides is 1. The summed E-state index contributed by atoms with van der Waals surface area (Å²) in [6.45, 7) is 2.31. The van der Waals surface area contributed by atoms with Crippen LogP contribution in [-0.4, -0.2) is 62.3 Å². The first kappa shape index (κ1) is 20.3. The summed E-state index contributed by atoms with van der Waals surface area (Å²) in [7, 11) is -3.48. The second kappa shape index (κ2) is 8.38. The Morgan fingerprint density at radius 3 is 2.14 bits per heavy atom. The summed E-state index contributed by atoms with van der Waals surface area (Å²) in [6.07, 6.45) is 5.29. The van der Waals surface area contributed by atoms with Gasteiger partial charge in [-0.15, -0.1) is 0 Å². The average molecular weight is 419 g/mol. The molecule has 1 N–H and O–H groups in total. The van der Waals surface area contributed by atoms with Crippen molar-refractivity contribution in [3.05, 3.63) is 41.3 Å². The summed E-state index contributed by atoms with van der Waals surface area (Å²) in [5, 5.41) is 1.26. The van der Waals surface area contributed by atoms with Gasteiger partial charge in [-0.25, -0.2) is 13.3 Å². The van der Waals surface area contributed by atoms with Crippen molar-refractivity contribution >= 4 is 27.9 Å². The van der Waals surface area contributed by atoms with E-state index in [1.165, 1.54) is 14.6 Å². The van der Waals surface area contributed by atoms with E-state index in [9.17, 15) is 18.0 Å². The molecule has 2 atom stereocenters. The molecule has 156 valence electrons. The monoisotopic (exact) mass is 418 g/mol. The van der Waals surface area contributed by atoms with Crippen LogP contribution in [-0.2, 0) is 19.6 Å². The number of nitrogens with zero attached hydrogens (tertiary/aromatic N) is 2. The van der Waals surface area contributed by atoms with E-state index in [2.05, 4.69) is 0 Å². The lowest BCUT2D eigenvalue weighted by Gasteiger charge is -2.32. The van der Waals surface area contributed by atoms with E-state index in [0.717, 1.165) is 36.1 Å². The van der Waals surface area contributed by atoms with Gasteiger partial charge in [0.15, 0.2) is 6.67 Å². The van der Waals surface area contributed by atoms with Crippen LogP contribution >= 0.6 is 0 Å². The highest BCUT2D eigenvalue weighted by Gasteiger charge is 2.49. The molecule has 2 heterocycles. The molecule has 3 aliphatic rings. The molecule has 3 fully saturated rings. The molecule has 1 aromatic carbocycles. The first-order valence-corrected chi connectivity index (χ1v) is 11.9. The Morgan fingerprint density at radius 2 is 1.55 bits per heavy atom. The molecular weight excluding hydrogens is 390 g/mol. The van der Waals surface area contributed by atoms with Crippen molar-refractivity contribution in [3.63, 3.8) is 0 Å². The number of likely N-dealkylation sites (tertiary alicyclic amines) is 1. The molecule has 2 aliphatic heterocycles. The molecule has 8 heteroatoms. The molecule has 29 heavy (non-hydrogen) atoms. The molecule has 1 saturated carbocycles. The van der Waals surface area contributed by atoms with Gasteiger partial charge in [0.1, 0.15) is 0 Å². The number of rotatable bonds is 5. The van der Waals surface area contributed by atoms with Crippen LogP contribution in [0.25, 0.3) is 6.08 Å². The predicted octanol–water partition coefficient (Wildman–Crippen LogP) is 0.320. The Morgan fingerprint density at radius 1 is 0.966 bits per heavy atom. The zero-order chi connectivity index (χ0) is 20.4. The molecule has 0 spiro atoms. The number of hydrogen-bond donors (Lipinski definition) is 1. The smallest absolute Gasteiger partial charge is 0.237 e. The molecule has 0 unspecified atom stereocenters. The normalized spacial score (nSPS) is 27.0. The van der Waals surface area contributed by atoms with Gasteiger partial charge < -0.3 is 4.90 Å². The van der Waals surface area contributed by atoms with Gasteiger partial charge in [-0.3, -0.25) is 9.59 Å². The molecule has 7 nitrogen and oxygen atoms in total. The van der Waals surface area contributed by atoms with Crippen molar-refractivity contribution in [2.75, 3.05) is 32.8 Å². The third-order valence-electron chi connectivity index (χ3n) is 6.34. The molecule has 2 saturated heterocycles. The maximum absolute atomic E-state index is 12.6. The summed E-state index contributed by atoms with van der Waals surface area (Å²) < 4.78 is 26.7. The molecule has 0 radical (unpaired) electrons. The minimum absolute atomic E-state index is 0.0203. The third kappa shape index (κ3) is 4.29. The van der Waals surface area contributed by atoms with Crippen molar-refractivity contribution in [2.24, 2.45) is 11.8 Å². The summed E-state index contributed by atoms with van der Waals surface area (Å²) in [4.78, 5) is 27.8. The number of benzene rings is 1. The van der Waals surface area contributed by atoms with Crippen molar-refractivity contribution in [2.45, 2.75) is 25.7 Å². The van der Waals surface area contributed by atoms with Crippen LogP contribution in [0.5, 0.6) is 0 Å². The number of piperazine rings is 1. The van der Waals surface area contributed by atoms with E-state index in [1.54, 1.807) is 6.08 Å². The predicted molar refractivity (Wildman–Crippen MR) is 109 cm³/mol. The quantitative estimate of drug-likeness (QED) is 0.699. The lowest BCUT2D eigenvalue weighted by atomic mass is 9.81. The van der Waals surface area contributed by atoms with Crippen molar-refractivity contribution in [3.8, 4) is 0 Å². The van der Waals surface area contributed by atoms with Crippen LogP contribution in [0.4, 0.5) is 0 Å². The van der Waals surface area contributed by atoms with Crippen molar-refractivity contribution in [1.82, 2.24) is 9.21 Å². The molecule has 0 aromatic heterocycles. The number of fused-ring (bicyclic) bond motifs is 1. The minimum atomic E-state index is -3.48. The number of amides is 2. The number of quaternary nitrogens is 1. The molecule has 2 amide bonds. The second-order valence-electron chi connectivity index (χ2n) is 8.17. The third-order valence-corrected chi connectivity index (χ3v) is 7.90. The van der Waals surface area contributed by atoms with E-state index in [-0.39, 0.29) is 23.7 Å². The van der Waals surface area contributed by atoms with Crippen molar-refractivity contribution in [1.29, 1.82) is 0 Å². The van der Waals surface area contributed by atoms with Crippen LogP contribution in [0, 0.1) is 11.8 Å². The lowest BCUT2D eigenvalue weighted by Crippen LogP contribution is -3.16. The van der Waals surface area contributed by atoms with Gasteiger partial charge in [0.25, 0.3) is 0 Å². The van der Waals surface area contributed by atoms with Crippen molar-refractivity contribution < 1.29 is 22.9 Å². The maximum Gasteiger partial charge on any atom is 0.237 e. The van der Waals surface area contributed by atoms with Gasteiger partial charge in [-0.05, 0) is 24.5 Å². The number of carbonyl (C=O) groups excluding carboxylic acids is 2. The van der Waals surface area contributed by atoms with E-state index < -0.39 is 10.0 Å². The van der Waals surface area contributed by atoms with Crippen LogP contribution in [0.3, 0.4) is 0 Å². The molecule has 1 aliphatic carbocycles. The number of carbonyl (C=O) groups is 2. The van der Waals surface area contributed by atoms with Gasteiger partial charge in [0.05, 0.1) is 38.0 Å². The lowest BCUT2D eigenvalue weighted by molar-refractivity contribution is -0.910. The number of imide groups is 1. The highest BCUT2D eigenvalue weighted by Crippen LogP contribution is 2.37. The van der Waals surface area contributed by atoms with Crippen LogP contribution in [0.2, 0.25) is 0 Å². The topological polar surface area (TPSA) is 79.2 Å². The summed E-state index contributed by atoms with van der Waals surface area (Å²) in [5.41, 5.74) is 0.841.